The zero-order valence-corrected chi connectivity index (χ0v) is 15.0. The van der Waals surface area contributed by atoms with Crippen LogP contribution in [-0.4, -0.2) is 32.9 Å². The molecule has 0 fully saturated rings. The predicted molar refractivity (Wildman–Crippen MR) is 97.0 cm³/mol. The van der Waals surface area contributed by atoms with Gasteiger partial charge in [-0.2, -0.15) is 0 Å². The third-order valence-electron chi connectivity index (χ3n) is 4.19. The van der Waals surface area contributed by atoms with Gasteiger partial charge in [0.05, 0.1) is 18.3 Å². The summed E-state index contributed by atoms with van der Waals surface area (Å²) in [7, 11) is -3.80. The highest BCUT2D eigenvalue weighted by Crippen LogP contribution is 2.25. The highest BCUT2D eigenvalue weighted by molar-refractivity contribution is 7.89. The minimum atomic E-state index is -3.80. The lowest BCUT2D eigenvalue weighted by atomic mass is 10.2. The fourth-order valence-corrected chi connectivity index (χ4v) is 3.42. The summed E-state index contributed by atoms with van der Waals surface area (Å²) in [5.74, 6) is 0.824. The van der Waals surface area contributed by atoms with Gasteiger partial charge in [-0.05, 0) is 37.6 Å². The number of nitrogens with two attached hydrogens (primary N) is 1. The summed E-state index contributed by atoms with van der Waals surface area (Å²) in [4.78, 5) is 17.4. The highest BCUT2D eigenvalue weighted by Gasteiger charge is 2.14. The Morgan fingerprint density at radius 1 is 1.04 bits per heavy atom. The lowest BCUT2D eigenvalue weighted by molar-refractivity contribution is 0.594. The number of hydrogen-bond donors (Lipinski definition) is 1. The molecular formula is C17H16N6O2S. The maximum Gasteiger partial charge on any atom is 0.255 e. The quantitative estimate of drug-likeness (QED) is 0.588. The first-order valence-corrected chi connectivity index (χ1v) is 9.44. The monoisotopic (exact) mass is 368 g/mol. The molecule has 9 heteroatoms. The van der Waals surface area contributed by atoms with E-state index in [-0.39, 0.29) is 5.03 Å². The normalized spacial score (nSPS) is 12.1. The van der Waals surface area contributed by atoms with Crippen LogP contribution in [0.2, 0.25) is 0 Å². The number of imidazole rings is 1. The van der Waals surface area contributed by atoms with E-state index in [9.17, 15) is 8.42 Å². The van der Waals surface area contributed by atoms with Crippen LogP contribution in [0.25, 0.3) is 22.1 Å². The molecule has 0 spiro atoms. The molecule has 0 saturated heterocycles. The number of primary sulfonamides is 1. The molecule has 0 bridgehead atoms. The second-order valence-electron chi connectivity index (χ2n) is 6.11. The number of nitrogens with zero attached hydrogens (tertiary/aromatic N) is 5. The maximum absolute atomic E-state index is 11.4. The topological polar surface area (TPSA) is 117 Å². The van der Waals surface area contributed by atoms with E-state index in [1.165, 1.54) is 12.3 Å². The van der Waals surface area contributed by atoms with Crippen LogP contribution in [0, 0.1) is 13.8 Å². The molecule has 4 aromatic heterocycles. The largest absolute Gasteiger partial charge is 0.323 e. The molecule has 0 amide bonds. The maximum atomic E-state index is 11.4. The minimum absolute atomic E-state index is 0.150. The van der Waals surface area contributed by atoms with Gasteiger partial charge in [-0.3, -0.25) is 0 Å². The van der Waals surface area contributed by atoms with Crippen LogP contribution in [0.1, 0.15) is 17.1 Å². The Labute approximate surface area is 149 Å². The first-order chi connectivity index (χ1) is 12.3. The van der Waals surface area contributed by atoms with Crippen LogP contribution >= 0.6 is 0 Å². The second kappa shape index (κ2) is 5.82. The highest BCUT2D eigenvalue weighted by atomic mass is 32.2. The van der Waals surface area contributed by atoms with Crippen molar-refractivity contribution in [3.05, 3.63) is 53.7 Å². The van der Waals surface area contributed by atoms with Crippen LogP contribution in [0.15, 0.2) is 41.7 Å². The molecule has 0 atom stereocenters. The Morgan fingerprint density at radius 2 is 1.85 bits per heavy atom. The van der Waals surface area contributed by atoms with Gasteiger partial charge in [-0.15, -0.1) is 0 Å². The van der Waals surface area contributed by atoms with Crippen molar-refractivity contribution in [3.63, 3.8) is 0 Å². The van der Waals surface area contributed by atoms with Gasteiger partial charge in [-0.25, -0.2) is 33.5 Å². The van der Waals surface area contributed by atoms with Crippen molar-refractivity contribution < 1.29 is 8.42 Å². The molecule has 8 nitrogen and oxygen atoms in total. The molecule has 4 heterocycles. The van der Waals surface area contributed by atoms with Crippen molar-refractivity contribution in [2.75, 3.05) is 0 Å². The Morgan fingerprint density at radius 3 is 2.54 bits per heavy atom. The Balaban J connectivity index is 1.84. The molecule has 0 saturated carbocycles. The summed E-state index contributed by atoms with van der Waals surface area (Å²) in [5.41, 5.74) is 4.13. The third kappa shape index (κ3) is 2.80. The lowest BCUT2D eigenvalue weighted by Crippen LogP contribution is -2.14. The van der Waals surface area contributed by atoms with Gasteiger partial charge in [0.2, 0.25) is 0 Å². The minimum Gasteiger partial charge on any atom is -0.323 e. The molecule has 4 rings (SSSR count). The van der Waals surface area contributed by atoms with E-state index >= 15 is 0 Å². The molecule has 0 unspecified atom stereocenters. The molecule has 0 aliphatic heterocycles. The van der Waals surface area contributed by atoms with Crippen molar-refractivity contribution in [2.24, 2.45) is 5.14 Å². The van der Waals surface area contributed by atoms with Gasteiger partial charge in [0.15, 0.2) is 10.7 Å². The van der Waals surface area contributed by atoms with Crippen molar-refractivity contribution >= 4 is 32.1 Å². The number of aromatic nitrogens is 5. The number of sulfonamides is 1. The molecule has 0 radical (unpaired) electrons. The van der Waals surface area contributed by atoms with E-state index < -0.39 is 10.0 Å². The molecule has 0 aromatic carbocycles. The van der Waals surface area contributed by atoms with E-state index in [4.69, 9.17) is 5.14 Å². The van der Waals surface area contributed by atoms with E-state index in [2.05, 4.69) is 19.9 Å². The van der Waals surface area contributed by atoms with Crippen molar-refractivity contribution in [2.45, 2.75) is 25.4 Å². The fraction of sp³-hybridized carbons (Fsp3) is 0.176. The van der Waals surface area contributed by atoms with E-state index in [0.717, 1.165) is 33.5 Å². The van der Waals surface area contributed by atoms with Crippen molar-refractivity contribution in [1.82, 2.24) is 24.5 Å². The second-order valence-corrected chi connectivity index (χ2v) is 7.62. The summed E-state index contributed by atoms with van der Waals surface area (Å²) in [6, 6.07) is 7.04. The zero-order chi connectivity index (χ0) is 18.5. The van der Waals surface area contributed by atoms with Crippen molar-refractivity contribution in [1.29, 1.82) is 0 Å². The molecule has 0 aliphatic carbocycles. The van der Waals surface area contributed by atoms with E-state index in [1.807, 2.05) is 30.5 Å². The van der Waals surface area contributed by atoms with Gasteiger partial charge >= 0.3 is 0 Å². The molecule has 2 N–H and O–H groups in total. The van der Waals surface area contributed by atoms with Gasteiger partial charge in [0.1, 0.15) is 11.3 Å². The molecule has 4 aromatic rings. The average molecular weight is 368 g/mol. The van der Waals surface area contributed by atoms with Crippen molar-refractivity contribution in [3.8, 4) is 0 Å². The lowest BCUT2D eigenvalue weighted by Gasteiger charge is -2.09. The van der Waals surface area contributed by atoms with Gasteiger partial charge in [0.25, 0.3) is 10.0 Å². The summed E-state index contributed by atoms with van der Waals surface area (Å²) < 4.78 is 24.7. The molecule has 132 valence electrons. The number of rotatable bonds is 3. The molecule has 0 aliphatic rings. The van der Waals surface area contributed by atoms with Crippen LogP contribution < -0.4 is 5.14 Å². The number of aryl methyl sites for hydroxylation is 2. The predicted octanol–water partition coefficient (Wildman–Crippen LogP) is 1.69. The SMILES string of the molecule is Cc1ccc2c(ncc3nc(C)n(Cc4ccc(S(N)(=O)=O)nc4)c32)n1. The van der Waals surface area contributed by atoms with Gasteiger partial charge < -0.3 is 4.57 Å². The first kappa shape index (κ1) is 16.6. The van der Waals surface area contributed by atoms with Crippen LogP contribution in [0.3, 0.4) is 0 Å². The average Bonchev–Trinajstić information content (AvgIpc) is 2.90. The van der Waals surface area contributed by atoms with Crippen LogP contribution in [-0.2, 0) is 16.6 Å². The summed E-state index contributed by atoms with van der Waals surface area (Å²) in [6.45, 7) is 4.33. The summed E-state index contributed by atoms with van der Waals surface area (Å²) in [6.07, 6.45) is 3.23. The smallest absolute Gasteiger partial charge is 0.255 e. The fourth-order valence-electron chi connectivity index (χ4n) is 2.96. The zero-order valence-electron chi connectivity index (χ0n) is 14.2. The molecule has 26 heavy (non-hydrogen) atoms. The van der Waals surface area contributed by atoms with Gasteiger partial charge in [0, 0.05) is 17.3 Å². The number of hydrogen-bond acceptors (Lipinski definition) is 6. The van der Waals surface area contributed by atoms with Crippen LogP contribution in [0.4, 0.5) is 0 Å². The van der Waals surface area contributed by atoms with Crippen LogP contribution in [0.5, 0.6) is 0 Å². The van der Waals surface area contributed by atoms with Gasteiger partial charge in [-0.1, -0.05) is 6.07 Å². The number of pyridine rings is 3. The number of fused-ring (bicyclic) bond motifs is 3. The summed E-state index contributed by atoms with van der Waals surface area (Å²) >= 11 is 0. The summed E-state index contributed by atoms with van der Waals surface area (Å²) in [5, 5.41) is 5.87. The standard InChI is InChI=1S/C17H16N6O2S/c1-10-3-5-13-16-14(8-20-17(13)21-10)22-11(2)23(16)9-12-4-6-15(19-7-12)26(18,24)25/h3-8H,9H2,1-2H3,(H2,18,24,25). The van der Waals surface area contributed by atoms with E-state index in [1.54, 1.807) is 12.3 Å². The Hall–Kier alpha value is -2.91. The first-order valence-electron chi connectivity index (χ1n) is 7.90. The Bertz CT molecular complexity index is 1250. The third-order valence-corrected chi connectivity index (χ3v) is 5.02. The van der Waals surface area contributed by atoms with E-state index in [0.29, 0.717) is 12.2 Å². The Kier molecular flexibility index (Phi) is 3.70. The molecular weight excluding hydrogens is 352 g/mol.